The van der Waals surface area contributed by atoms with Crippen LogP contribution in [0.2, 0.25) is 0 Å². The van der Waals surface area contributed by atoms with E-state index in [9.17, 15) is 0 Å². The smallest absolute Gasteiger partial charge is 0.144 e. The molecule has 0 radical (unpaired) electrons. The fourth-order valence-corrected chi connectivity index (χ4v) is 1.33. The first kappa shape index (κ1) is 13.3. The summed E-state index contributed by atoms with van der Waals surface area (Å²) in [5, 5.41) is 12.0. The third kappa shape index (κ3) is 4.70. The van der Waals surface area contributed by atoms with Crippen LogP contribution in [0.15, 0.2) is 12.3 Å². The summed E-state index contributed by atoms with van der Waals surface area (Å²) in [5.74, 6) is 0.581. The Bertz CT molecular complexity index is 387. The van der Waals surface area contributed by atoms with Gasteiger partial charge >= 0.3 is 0 Å². The van der Waals surface area contributed by atoms with Crippen LogP contribution >= 0.6 is 0 Å². The van der Waals surface area contributed by atoms with Crippen molar-refractivity contribution in [3.05, 3.63) is 17.8 Å². The molecule has 17 heavy (non-hydrogen) atoms. The molecule has 1 heterocycles. The Hall–Kier alpha value is -1.80. The van der Waals surface area contributed by atoms with Crippen molar-refractivity contribution in [2.75, 3.05) is 30.8 Å². The minimum absolute atomic E-state index is 0.472. The number of pyridine rings is 1. The van der Waals surface area contributed by atoms with Gasteiger partial charge in [-0.3, -0.25) is 0 Å². The van der Waals surface area contributed by atoms with Crippen LogP contribution in [-0.2, 0) is 4.74 Å². The maximum atomic E-state index is 8.91. The Morgan fingerprint density at radius 2 is 2.35 bits per heavy atom. The maximum Gasteiger partial charge on any atom is 0.144 e. The first-order valence-corrected chi connectivity index (χ1v) is 5.75. The molecule has 0 saturated heterocycles. The van der Waals surface area contributed by atoms with Crippen molar-refractivity contribution in [3.8, 4) is 6.07 Å². The van der Waals surface area contributed by atoms with Crippen LogP contribution in [-0.4, -0.2) is 24.7 Å². The Labute approximate surface area is 102 Å². The van der Waals surface area contributed by atoms with Crippen LogP contribution in [0.1, 0.15) is 25.3 Å². The normalized spacial score (nSPS) is 9.88. The third-order valence-electron chi connectivity index (χ3n) is 2.14. The highest BCUT2D eigenvalue weighted by molar-refractivity contribution is 5.57. The highest BCUT2D eigenvalue weighted by Crippen LogP contribution is 2.13. The summed E-state index contributed by atoms with van der Waals surface area (Å²) < 4.78 is 5.35. The predicted octanol–water partition coefficient (Wildman–Crippen LogP) is 1.76. The van der Waals surface area contributed by atoms with E-state index in [4.69, 9.17) is 15.7 Å². The van der Waals surface area contributed by atoms with E-state index in [0.29, 0.717) is 17.1 Å². The first-order valence-electron chi connectivity index (χ1n) is 5.75. The molecule has 1 rings (SSSR count). The van der Waals surface area contributed by atoms with E-state index in [0.717, 1.165) is 32.6 Å². The maximum absolute atomic E-state index is 8.91. The van der Waals surface area contributed by atoms with Crippen molar-refractivity contribution < 1.29 is 4.74 Å². The van der Waals surface area contributed by atoms with E-state index in [1.165, 1.54) is 6.20 Å². The zero-order chi connectivity index (χ0) is 12.5. The van der Waals surface area contributed by atoms with Gasteiger partial charge in [0.2, 0.25) is 0 Å². The topological polar surface area (TPSA) is 84.0 Å². The molecule has 5 nitrogen and oxygen atoms in total. The van der Waals surface area contributed by atoms with E-state index in [1.54, 1.807) is 6.07 Å². The standard InChI is InChI=1S/C12H18N4O/c1-2-5-17-6-3-4-15-12-10(8-13)7-11(14)9-16-12/h7,9H,2-6,14H2,1H3,(H,15,16). The van der Waals surface area contributed by atoms with Crippen molar-refractivity contribution >= 4 is 11.5 Å². The summed E-state index contributed by atoms with van der Waals surface area (Å²) in [6.45, 7) is 4.33. The Kier molecular flexibility index (Phi) is 5.83. The lowest BCUT2D eigenvalue weighted by molar-refractivity contribution is 0.134. The van der Waals surface area contributed by atoms with Crippen LogP contribution in [0, 0.1) is 11.3 Å². The first-order chi connectivity index (χ1) is 8.27. The molecular weight excluding hydrogens is 216 g/mol. The van der Waals surface area contributed by atoms with Gasteiger partial charge in [0.05, 0.1) is 17.4 Å². The van der Waals surface area contributed by atoms with E-state index in [-0.39, 0.29) is 0 Å². The molecule has 0 aliphatic carbocycles. The summed E-state index contributed by atoms with van der Waals surface area (Å²) >= 11 is 0. The molecule has 92 valence electrons. The van der Waals surface area contributed by atoms with Crippen LogP contribution in [0.4, 0.5) is 11.5 Å². The molecule has 0 fully saturated rings. The largest absolute Gasteiger partial charge is 0.397 e. The molecule has 0 aliphatic rings. The number of nitrogens with zero attached hydrogens (tertiary/aromatic N) is 2. The quantitative estimate of drug-likeness (QED) is 0.702. The van der Waals surface area contributed by atoms with Gasteiger partial charge in [-0.15, -0.1) is 0 Å². The molecule has 1 aromatic heterocycles. The zero-order valence-corrected chi connectivity index (χ0v) is 10.1. The fraction of sp³-hybridized carbons (Fsp3) is 0.500. The molecule has 0 unspecified atom stereocenters. The molecule has 0 amide bonds. The number of nitrogens with one attached hydrogen (secondary N) is 1. The van der Waals surface area contributed by atoms with Crippen LogP contribution in [0.3, 0.4) is 0 Å². The van der Waals surface area contributed by atoms with E-state index in [2.05, 4.69) is 23.3 Å². The van der Waals surface area contributed by atoms with Gasteiger partial charge in [-0.1, -0.05) is 6.92 Å². The van der Waals surface area contributed by atoms with Crippen LogP contribution in [0.25, 0.3) is 0 Å². The number of rotatable bonds is 7. The van der Waals surface area contributed by atoms with Gasteiger partial charge in [0.1, 0.15) is 11.9 Å². The van der Waals surface area contributed by atoms with Gasteiger partial charge in [0.25, 0.3) is 0 Å². The predicted molar refractivity (Wildman–Crippen MR) is 67.6 cm³/mol. The molecule has 0 bridgehead atoms. The fourth-order valence-electron chi connectivity index (χ4n) is 1.33. The van der Waals surface area contributed by atoms with E-state index < -0.39 is 0 Å². The molecule has 0 atom stereocenters. The lowest BCUT2D eigenvalue weighted by atomic mass is 10.2. The molecule has 3 N–H and O–H groups in total. The second kappa shape index (κ2) is 7.47. The summed E-state index contributed by atoms with van der Waals surface area (Å²) in [5.41, 5.74) is 6.52. The molecule has 1 aromatic rings. The SMILES string of the molecule is CCCOCCCNc1ncc(N)cc1C#N. The van der Waals surface area contributed by atoms with E-state index in [1.807, 2.05) is 0 Å². The summed E-state index contributed by atoms with van der Waals surface area (Å²) in [7, 11) is 0. The third-order valence-corrected chi connectivity index (χ3v) is 2.14. The Morgan fingerprint density at radius 3 is 3.06 bits per heavy atom. The minimum atomic E-state index is 0.472. The molecule has 0 spiro atoms. The summed E-state index contributed by atoms with van der Waals surface area (Å²) in [6, 6.07) is 3.68. The van der Waals surface area contributed by atoms with E-state index >= 15 is 0 Å². The van der Waals surface area contributed by atoms with Crippen LogP contribution < -0.4 is 11.1 Å². The second-order valence-corrected chi connectivity index (χ2v) is 3.67. The summed E-state index contributed by atoms with van der Waals surface area (Å²) in [4.78, 5) is 4.08. The lowest BCUT2D eigenvalue weighted by Gasteiger charge is -2.07. The number of ether oxygens (including phenoxy) is 1. The number of hydrogen-bond donors (Lipinski definition) is 2. The van der Waals surface area contributed by atoms with Gasteiger partial charge in [-0.05, 0) is 18.9 Å². The molecule has 5 heteroatoms. The number of anilines is 2. The highest BCUT2D eigenvalue weighted by atomic mass is 16.5. The Balaban J connectivity index is 2.34. The van der Waals surface area contributed by atoms with Gasteiger partial charge in [0, 0.05) is 19.8 Å². The zero-order valence-electron chi connectivity index (χ0n) is 10.1. The number of nitrogen functional groups attached to an aromatic ring is 1. The van der Waals surface area contributed by atoms with Gasteiger partial charge in [-0.25, -0.2) is 4.98 Å². The van der Waals surface area contributed by atoms with Crippen LogP contribution in [0.5, 0.6) is 0 Å². The molecular formula is C12H18N4O. The second-order valence-electron chi connectivity index (χ2n) is 3.67. The van der Waals surface area contributed by atoms with Gasteiger partial charge in [0.15, 0.2) is 0 Å². The van der Waals surface area contributed by atoms with Gasteiger partial charge < -0.3 is 15.8 Å². The van der Waals surface area contributed by atoms with Crippen molar-refractivity contribution in [1.82, 2.24) is 4.98 Å². The van der Waals surface area contributed by atoms with Crippen molar-refractivity contribution in [1.29, 1.82) is 5.26 Å². The average Bonchev–Trinajstić information content (AvgIpc) is 2.35. The lowest BCUT2D eigenvalue weighted by Crippen LogP contribution is -2.08. The Morgan fingerprint density at radius 1 is 1.53 bits per heavy atom. The minimum Gasteiger partial charge on any atom is -0.397 e. The monoisotopic (exact) mass is 234 g/mol. The molecule has 0 aromatic carbocycles. The number of hydrogen-bond acceptors (Lipinski definition) is 5. The number of aromatic nitrogens is 1. The number of nitriles is 1. The van der Waals surface area contributed by atoms with Gasteiger partial charge in [-0.2, -0.15) is 5.26 Å². The van der Waals surface area contributed by atoms with Crippen molar-refractivity contribution in [2.45, 2.75) is 19.8 Å². The molecule has 0 saturated carbocycles. The summed E-state index contributed by atoms with van der Waals surface area (Å²) in [6.07, 6.45) is 3.46. The highest BCUT2D eigenvalue weighted by Gasteiger charge is 2.02. The molecule has 0 aliphatic heterocycles. The van der Waals surface area contributed by atoms with Crippen molar-refractivity contribution in [3.63, 3.8) is 0 Å². The average molecular weight is 234 g/mol. The number of nitrogens with two attached hydrogens (primary N) is 1. The van der Waals surface area contributed by atoms with Crippen molar-refractivity contribution in [2.24, 2.45) is 0 Å².